The average Bonchev–Trinajstić information content (AvgIpc) is 3.35. The third kappa shape index (κ3) is 3.44. The van der Waals surface area contributed by atoms with Gasteiger partial charge in [0, 0.05) is 0 Å². The number of fused-ring (bicyclic) bond motifs is 1. The van der Waals surface area contributed by atoms with Crippen LogP contribution in [0, 0.1) is 6.92 Å². The minimum atomic E-state index is -2.81. The van der Waals surface area contributed by atoms with Crippen LogP contribution in [0.25, 0.3) is 16.7 Å². The Hall–Kier alpha value is -3.69. The standard InChI is InChI=1S/C19H16F2N6O2/c1-11-9-13(7-8-15(11)26-10-22-24-25-26)18(28)29-12(2)17-23-14-5-3-4-6-16(14)27(17)19(20)21/h3-10,12,19H,1-2H3. The van der Waals surface area contributed by atoms with E-state index in [0.717, 1.165) is 10.1 Å². The molecule has 0 N–H and O–H groups in total. The predicted octanol–water partition coefficient (Wildman–Crippen LogP) is 3.63. The van der Waals surface area contributed by atoms with Crippen LogP contribution >= 0.6 is 0 Å². The predicted molar refractivity (Wildman–Crippen MR) is 98.7 cm³/mol. The summed E-state index contributed by atoms with van der Waals surface area (Å²) >= 11 is 0. The van der Waals surface area contributed by atoms with Crippen molar-refractivity contribution in [1.29, 1.82) is 0 Å². The number of carbonyl (C=O) groups excluding carboxylic acids is 1. The number of halogens is 2. The van der Waals surface area contributed by atoms with E-state index in [9.17, 15) is 13.6 Å². The highest BCUT2D eigenvalue weighted by Crippen LogP contribution is 2.28. The number of esters is 1. The van der Waals surface area contributed by atoms with E-state index >= 15 is 0 Å². The number of ether oxygens (including phenoxy) is 1. The van der Waals surface area contributed by atoms with E-state index < -0.39 is 18.6 Å². The maximum atomic E-state index is 13.6. The number of hydrogen-bond acceptors (Lipinski definition) is 6. The molecule has 2 aromatic carbocycles. The zero-order chi connectivity index (χ0) is 20.5. The van der Waals surface area contributed by atoms with Crippen LogP contribution in [0.5, 0.6) is 0 Å². The van der Waals surface area contributed by atoms with E-state index in [1.54, 1.807) is 49.4 Å². The Labute approximate surface area is 163 Å². The van der Waals surface area contributed by atoms with Crippen LogP contribution in [0.2, 0.25) is 0 Å². The van der Waals surface area contributed by atoms with E-state index in [2.05, 4.69) is 20.5 Å². The van der Waals surface area contributed by atoms with Gasteiger partial charge in [-0.2, -0.15) is 8.78 Å². The summed E-state index contributed by atoms with van der Waals surface area (Å²) in [5.74, 6) is -0.659. The Morgan fingerprint density at radius 1 is 1.17 bits per heavy atom. The van der Waals surface area contributed by atoms with Crippen LogP contribution in [0.15, 0.2) is 48.8 Å². The second kappa shape index (κ2) is 7.38. The summed E-state index contributed by atoms with van der Waals surface area (Å²) in [5.41, 5.74) is 2.43. The van der Waals surface area contributed by atoms with Crippen molar-refractivity contribution in [3.63, 3.8) is 0 Å². The van der Waals surface area contributed by atoms with Gasteiger partial charge in [-0.05, 0) is 60.2 Å². The molecular formula is C19H16F2N6O2. The Morgan fingerprint density at radius 3 is 2.66 bits per heavy atom. The minimum Gasteiger partial charge on any atom is -0.451 e. The second-order valence-electron chi connectivity index (χ2n) is 6.41. The van der Waals surface area contributed by atoms with E-state index in [4.69, 9.17) is 4.74 Å². The van der Waals surface area contributed by atoms with Crippen LogP contribution < -0.4 is 0 Å². The van der Waals surface area contributed by atoms with Gasteiger partial charge in [0.25, 0.3) is 0 Å². The number of imidazole rings is 1. The highest BCUT2D eigenvalue weighted by molar-refractivity contribution is 5.90. The first-order valence-corrected chi connectivity index (χ1v) is 8.75. The van der Waals surface area contributed by atoms with Gasteiger partial charge in [0.15, 0.2) is 11.9 Å². The van der Waals surface area contributed by atoms with Gasteiger partial charge in [-0.3, -0.25) is 4.57 Å². The zero-order valence-corrected chi connectivity index (χ0v) is 15.5. The van der Waals surface area contributed by atoms with Crippen LogP contribution in [0.1, 0.15) is 41.3 Å². The summed E-state index contributed by atoms with van der Waals surface area (Å²) in [5, 5.41) is 11.0. The molecule has 0 amide bonds. The Balaban J connectivity index is 1.60. The molecule has 1 unspecified atom stereocenters. The highest BCUT2D eigenvalue weighted by atomic mass is 19.3. The number of alkyl halides is 2. The van der Waals surface area contributed by atoms with Crippen LogP contribution in [0.3, 0.4) is 0 Å². The van der Waals surface area contributed by atoms with Crippen molar-refractivity contribution in [2.75, 3.05) is 0 Å². The fourth-order valence-electron chi connectivity index (χ4n) is 3.15. The normalized spacial score (nSPS) is 12.4. The van der Waals surface area contributed by atoms with Crippen LogP contribution in [-0.2, 0) is 4.74 Å². The Kier molecular flexibility index (Phi) is 4.75. The lowest BCUT2D eigenvalue weighted by molar-refractivity contribution is 0.0233. The maximum Gasteiger partial charge on any atom is 0.338 e. The molecular weight excluding hydrogens is 382 g/mol. The smallest absolute Gasteiger partial charge is 0.338 e. The molecule has 4 aromatic rings. The molecule has 0 saturated carbocycles. The third-order valence-electron chi connectivity index (χ3n) is 4.49. The number of aromatic nitrogens is 6. The molecule has 0 bridgehead atoms. The van der Waals surface area contributed by atoms with Crippen LogP contribution in [-0.4, -0.2) is 35.7 Å². The molecule has 0 saturated heterocycles. The van der Waals surface area contributed by atoms with Crippen LogP contribution in [0.4, 0.5) is 8.78 Å². The van der Waals surface area contributed by atoms with Crippen molar-refractivity contribution in [1.82, 2.24) is 29.8 Å². The molecule has 0 radical (unpaired) electrons. The van der Waals surface area contributed by atoms with Crippen molar-refractivity contribution < 1.29 is 18.3 Å². The van der Waals surface area contributed by atoms with Crippen molar-refractivity contribution in [3.8, 4) is 5.69 Å². The molecule has 0 spiro atoms. The van der Waals surface area contributed by atoms with Crippen molar-refractivity contribution >= 4 is 17.0 Å². The number of para-hydroxylation sites is 2. The van der Waals surface area contributed by atoms with Crippen molar-refractivity contribution in [2.24, 2.45) is 0 Å². The summed E-state index contributed by atoms with van der Waals surface area (Å²) in [4.78, 5) is 16.8. The van der Waals surface area contributed by atoms with Gasteiger partial charge >= 0.3 is 12.5 Å². The molecule has 0 aliphatic carbocycles. The number of rotatable bonds is 5. The first-order chi connectivity index (χ1) is 14.0. The SMILES string of the molecule is Cc1cc(C(=O)OC(C)c2nc3ccccc3n2C(F)F)ccc1-n1cnnn1. The first-order valence-electron chi connectivity index (χ1n) is 8.75. The van der Waals surface area contributed by atoms with E-state index in [1.165, 1.54) is 17.9 Å². The largest absolute Gasteiger partial charge is 0.451 e. The molecule has 2 heterocycles. The molecule has 0 fully saturated rings. The van der Waals surface area contributed by atoms with E-state index in [1.807, 2.05) is 0 Å². The second-order valence-corrected chi connectivity index (χ2v) is 6.41. The average molecular weight is 398 g/mol. The molecule has 0 aliphatic rings. The van der Waals surface area contributed by atoms with Crippen molar-refractivity contribution in [2.45, 2.75) is 26.5 Å². The number of hydrogen-bond donors (Lipinski definition) is 0. The summed E-state index contributed by atoms with van der Waals surface area (Å²) in [6.07, 6.45) is 0.473. The van der Waals surface area contributed by atoms with E-state index in [-0.39, 0.29) is 16.9 Å². The van der Waals surface area contributed by atoms with Gasteiger partial charge in [-0.25, -0.2) is 14.5 Å². The minimum absolute atomic E-state index is 0.0171. The number of nitrogens with zero attached hydrogens (tertiary/aromatic N) is 6. The van der Waals surface area contributed by atoms with Gasteiger partial charge in [0.2, 0.25) is 0 Å². The van der Waals surface area contributed by atoms with Gasteiger partial charge in [-0.1, -0.05) is 12.1 Å². The number of benzene rings is 2. The maximum absolute atomic E-state index is 13.6. The number of carbonyl (C=O) groups is 1. The van der Waals surface area contributed by atoms with Crippen molar-refractivity contribution in [3.05, 3.63) is 65.7 Å². The molecule has 29 heavy (non-hydrogen) atoms. The molecule has 8 nitrogen and oxygen atoms in total. The first kappa shape index (κ1) is 18.7. The molecule has 148 valence electrons. The third-order valence-corrected chi connectivity index (χ3v) is 4.49. The fourth-order valence-corrected chi connectivity index (χ4v) is 3.15. The summed E-state index contributed by atoms with van der Waals surface area (Å²) in [6.45, 7) is 0.504. The molecule has 10 heteroatoms. The Morgan fingerprint density at radius 2 is 1.97 bits per heavy atom. The summed E-state index contributed by atoms with van der Waals surface area (Å²) in [6, 6.07) is 11.4. The highest BCUT2D eigenvalue weighted by Gasteiger charge is 2.24. The number of tetrazole rings is 1. The lowest BCUT2D eigenvalue weighted by atomic mass is 10.1. The topological polar surface area (TPSA) is 87.7 Å². The fraction of sp³-hybridized carbons (Fsp3) is 0.211. The number of aryl methyl sites for hydroxylation is 1. The monoisotopic (exact) mass is 398 g/mol. The molecule has 1 atom stereocenters. The molecule has 4 rings (SSSR count). The zero-order valence-electron chi connectivity index (χ0n) is 15.5. The summed E-state index contributed by atoms with van der Waals surface area (Å²) < 4.78 is 34.9. The van der Waals surface area contributed by atoms with Gasteiger partial charge < -0.3 is 4.74 Å². The lowest BCUT2D eigenvalue weighted by Gasteiger charge is -2.15. The van der Waals surface area contributed by atoms with E-state index in [0.29, 0.717) is 11.2 Å². The molecule has 2 aromatic heterocycles. The van der Waals surface area contributed by atoms with Gasteiger partial charge in [-0.15, -0.1) is 5.10 Å². The Bertz CT molecular complexity index is 1170. The lowest BCUT2D eigenvalue weighted by Crippen LogP contribution is -2.15. The van der Waals surface area contributed by atoms with Gasteiger partial charge in [0.1, 0.15) is 6.33 Å². The quantitative estimate of drug-likeness (QED) is 0.477. The summed E-state index contributed by atoms with van der Waals surface area (Å²) in [7, 11) is 0. The van der Waals surface area contributed by atoms with Gasteiger partial charge in [0.05, 0.1) is 22.3 Å². The molecule has 0 aliphatic heterocycles.